The molecule has 0 saturated heterocycles. The lowest BCUT2D eigenvalue weighted by molar-refractivity contribution is 0.102. The van der Waals surface area contributed by atoms with Crippen molar-refractivity contribution in [1.29, 1.82) is 0 Å². The number of H-pyrrole nitrogens is 1. The summed E-state index contributed by atoms with van der Waals surface area (Å²) < 4.78 is 10.8. The van der Waals surface area contributed by atoms with Crippen molar-refractivity contribution in [3.05, 3.63) is 65.4 Å². The second-order valence-corrected chi connectivity index (χ2v) is 5.82. The van der Waals surface area contributed by atoms with Crippen LogP contribution in [-0.4, -0.2) is 43.1 Å². The highest BCUT2D eigenvalue weighted by Crippen LogP contribution is 2.27. The average Bonchev–Trinajstić information content (AvgIpc) is 3.15. The van der Waals surface area contributed by atoms with Gasteiger partial charge in [0.2, 0.25) is 11.7 Å². The molecule has 0 amide bonds. The van der Waals surface area contributed by atoms with Gasteiger partial charge >= 0.3 is 0 Å². The largest absolute Gasteiger partial charge is 0.496 e. The topological polar surface area (TPSA) is 88.3 Å². The molecule has 0 bridgehead atoms. The Morgan fingerprint density at radius 3 is 2.65 bits per heavy atom. The number of nitrogens with one attached hydrogen (secondary N) is 3. The number of Topliss-reactive ketones (excluding diaryl/α,β-unsaturated/α-hetero) is 1. The zero-order valence-electron chi connectivity index (χ0n) is 15.0. The molecule has 1 heterocycles. The number of aromatic amines is 1. The summed E-state index contributed by atoms with van der Waals surface area (Å²) in [5.74, 6) is 1.62. The van der Waals surface area contributed by atoms with Crippen molar-refractivity contribution < 1.29 is 14.3 Å². The number of hydrogen-bond donors (Lipinski definition) is 3. The molecule has 7 heteroatoms. The Labute approximate surface area is 152 Å². The van der Waals surface area contributed by atoms with Crippen LogP contribution in [0.5, 0.6) is 0 Å². The van der Waals surface area contributed by atoms with Crippen LogP contribution in [0, 0.1) is 0 Å². The van der Waals surface area contributed by atoms with Gasteiger partial charge in [-0.1, -0.05) is 18.2 Å². The molecule has 1 aliphatic rings. The highest BCUT2D eigenvalue weighted by Gasteiger charge is 2.28. The van der Waals surface area contributed by atoms with Gasteiger partial charge in [0.25, 0.3) is 0 Å². The molecule has 0 spiro atoms. The first-order valence-electron chi connectivity index (χ1n) is 8.28. The number of hydrogen-bond acceptors (Lipinski definition) is 6. The standard InChI is InChI=1S/C19H22N4O3/c1-20-14-9-12(10-16(25-2)18(14)26-3)17(24)15-11-21-19(23-15)22-13-7-5-4-6-8-13/h4-8,10-11,14,20H,9H2,1-3H3,(H2,21,22,23). The summed E-state index contributed by atoms with van der Waals surface area (Å²) in [5, 5.41) is 6.28. The smallest absolute Gasteiger partial charge is 0.207 e. The molecule has 7 nitrogen and oxygen atoms in total. The van der Waals surface area contributed by atoms with E-state index in [2.05, 4.69) is 20.6 Å². The Morgan fingerprint density at radius 2 is 2.00 bits per heavy atom. The Balaban J connectivity index is 1.81. The highest BCUT2D eigenvalue weighted by molar-refractivity contribution is 6.08. The van der Waals surface area contributed by atoms with Crippen molar-refractivity contribution in [3.8, 4) is 0 Å². The van der Waals surface area contributed by atoms with Crippen LogP contribution < -0.4 is 10.6 Å². The number of nitrogens with zero attached hydrogens (tertiary/aromatic N) is 1. The van der Waals surface area contributed by atoms with E-state index in [1.54, 1.807) is 20.3 Å². The number of imidazole rings is 1. The van der Waals surface area contributed by atoms with Crippen molar-refractivity contribution in [1.82, 2.24) is 15.3 Å². The van der Waals surface area contributed by atoms with Gasteiger partial charge in [0.05, 0.1) is 26.5 Å². The Kier molecular flexibility index (Phi) is 5.38. The van der Waals surface area contributed by atoms with E-state index in [0.717, 1.165) is 5.69 Å². The quantitative estimate of drug-likeness (QED) is 0.663. The van der Waals surface area contributed by atoms with Crippen LogP contribution in [0.1, 0.15) is 16.9 Å². The van der Waals surface area contributed by atoms with Crippen molar-refractivity contribution in [2.45, 2.75) is 12.5 Å². The third kappa shape index (κ3) is 3.62. The summed E-state index contributed by atoms with van der Waals surface area (Å²) >= 11 is 0. The highest BCUT2D eigenvalue weighted by atomic mass is 16.5. The van der Waals surface area contributed by atoms with Gasteiger partial charge in [-0.3, -0.25) is 4.79 Å². The first-order chi connectivity index (χ1) is 12.7. The second kappa shape index (κ2) is 7.88. The van der Waals surface area contributed by atoms with Crippen LogP contribution in [-0.2, 0) is 9.47 Å². The zero-order chi connectivity index (χ0) is 18.5. The van der Waals surface area contributed by atoms with Crippen molar-refractivity contribution in [2.75, 3.05) is 26.6 Å². The van der Waals surface area contributed by atoms with Gasteiger partial charge in [-0.25, -0.2) is 4.98 Å². The molecule has 3 rings (SSSR count). The molecule has 0 radical (unpaired) electrons. The lowest BCUT2D eigenvalue weighted by Crippen LogP contribution is -2.33. The number of rotatable bonds is 7. The minimum atomic E-state index is -0.122. The summed E-state index contributed by atoms with van der Waals surface area (Å²) in [7, 11) is 4.97. The van der Waals surface area contributed by atoms with E-state index in [4.69, 9.17) is 9.47 Å². The maximum atomic E-state index is 12.9. The Bertz CT molecular complexity index is 839. The molecule has 136 valence electrons. The monoisotopic (exact) mass is 354 g/mol. The second-order valence-electron chi connectivity index (χ2n) is 5.82. The number of allylic oxidation sites excluding steroid dienone is 1. The fraction of sp³-hybridized carbons (Fsp3) is 0.263. The molecular weight excluding hydrogens is 332 g/mol. The van der Waals surface area contributed by atoms with Crippen molar-refractivity contribution in [3.63, 3.8) is 0 Å². The van der Waals surface area contributed by atoms with Crippen LogP contribution in [0.3, 0.4) is 0 Å². The predicted octanol–water partition coefficient (Wildman–Crippen LogP) is 2.76. The van der Waals surface area contributed by atoms with Crippen LogP contribution in [0.4, 0.5) is 11.6 Å². The maximum absolute atomic E-state index is 12.9. The lowest BCUT2D eigenvalue weighted by atomic mass is 9.93. The fourth-order valence-corrected chi connectivity index (χ4v) is 2.90. The van der Waals surface area contributed by atoms with E-state index < -0.39 is 0 Å². The number of methoxy groups -OCH3 is 2. The number of ketones is 1. The van der Waals surface area contributed by atoms with E-state index in [-0.39, 0.29) is 11.8 Å². The minimum absolute atomic E-state index is 0.122. The number of benzene rings is 1. The van der Waals surface area contributed by atoms with E-state index in [1.165, 1.54) is 6.20 Å². The third-order valence-electron chi connectivity index (χ3n) is 4.23. The van der Waals surface area contributed by atoms with Crippen LogP contribution in [0.2, 0.25) is 0 Å². The molecule has 1 aliphatic carbocycles. The van der Waals surface area contributed by atoms with Gasteiger partial charge in [-0.2, -0.15) is 0 Å². The lowest BCUT2D eigenvalue weighted by Gasteiger charge is -2.25. The van der Waals surface area contributed by atoms with E-state index in [9.17, 15) is 4.79 Å². The molecule has 2 aromatic rings. The number of ether oxygens (including phenoxy) is 2. The molecule has 1 atom stereocenters. The Hall–Kier alpha value is -3.06. The van der Waals surface area contributed by atoms with Crippen molar-refractivity contribution >= 4 is 17.4 Å². The number of aromatic nitrogens is 2. The minimum Gasteiger partial charge on any atom is -0.496 e. The normalized spacial score (nSPS) is 16.9. The Morgan fingerprint density at radius 1 is 1.23 bits per heavy atom. The average molecular weight is 354 g/mol. The van der Waals surface area contributed by atoms with Crippen LogP contribution >= 0.6 is 0 Å². The molecule has 3 N–H and O–H groups in total. The SMILES string of the molecule is CNC1CC(C(=O)c2cnc(Nc3ccccc3)[nH]2)=CC(OC)=C1OC. The van der Waals surface area contributed by atoms with Gasteiger partial charge in [-0.15, -0.1) is 0 Å². The van der Waals surface area contributed by atoms with Gasteiger partial charge in [0, 0.05) is 11.3 Å². The molecule has 0 aliphatic heterocycles. The third-order valence-corrected chi connectivity index (χ3v) is 4.23. The summed E-state index contributed by atoms with van der Waals surface area (Å²) in [6.45, 7) is 0. The van der Waals surface area contributed by atoms with Gasteiger partial charge in [-0.05, 0) is 31.7 Å². The molecule has 0 fully saturated rings. The number of para-hydroxylation sites is 1. The van der Waals surface area contributed by atoms with Crippen molar-refractivity contribution in [2.24, 2.45) is 0 Å². The molecule has 1 unspecified atom stereocenters. The summed E-state index contributed by atoms with van der Waals surface area (Å²) in [6, 6.07) is 9.51. The first kappa shape index (κ1) is 17.8. The first-order valence-corrected chi connectivity index (χ1v) is 8.28. The summed E-state index contributed by atoms with van der Waals surface area (Å²) in [6.07, 6.45) is 3.76. The van der Waals surface area contributed by atoms with Gasteiger partial charge in [0.1, 0.15) is 5.69 Å². The molecule has 0 saturated carbocycles. The zero-order valence-corrected chi connectivity index (χ0v) is 15.0. The van der Waals surface area contributed by atoms with E-state index in [1.807, 2.05) is 37.4 Å². The predicted molar refractivity (Wildman–Crippen MR) is 99.2 cm³/mol. The van der Waals surface area contributed by atoms with Crippen LogP contribution in [0.25, 0.3) is 0 Å². The van der Waals surface area contributed by atoms with E-state index in [0.29, 0.717) is 35.2 Å². The maximum Gasteiger partial charge on any atom is 0.207 e. The summed E-state index contributed by atoms with van der Waals surface area (Å²) in [4.78, 5) is 20.1. The molecule has 1 aromatic carbocycles. The molecular formula is C19H22N4O3. The van der Waals surface area contributed by atoms with Crippen LogP contribution in [0.15, 0.2) is 59.7 Å². The molecule has 1 aromatic heterocycles. The summed E-state index contributed by atoms with van der Waals surface area (Å²) in [5.41, 5.74) is 1.93. The van der Waals surface area contributed by atoms with Gasteiger partial charge < -0.3 is 25.1 Å². The molecule has 26 heavy (non-hydrogen) atoms. The number of likely N-dealkylation sites (N-methyl/N-ethyl adjacent to an activating group) is 1. The fourth-order valence-electron chi connectivity index (χ4n) is 2.90. The number of carbonyl (C=O) groups excluding carboxylic acids is 1. The van der Waals surface area contributed by atoms with E-state index >= 15 is 0 Å². The number of anilines is 2. The van der Waals surface area contributed by atoms with Gasteiger partial charge in [0.15, 0.2) is 11.5 Å². The number of carbonyl (C=O) groups is 1.